The smallest absolute Gasteiger partial charge is 0.387 e. The van der Waals surface area contributed by atoms with E-state index in [4.69, 9.17) is 0 Å². The number of hydrogen-bond acceptors (Lipinski definition) is 5. The van der Waals surface area contributed by atoms with Crippen molar-refractivity contribution in [3.8, 4) is 5.75 Å². The molecule has 0 amide bonds. The monoisotopic (exact) mass is 321 g/mol. The van der Waals surface area contributed by atoms with Crippen LogP contribution in [0.2, 0.25) is 0 Å². The van der Waals surface area contributed by atoms with Crippen molar-refractivity contribution in [2.75, 3.05) is 5.43 Å². The first-order valence-electron chi connectivity index (χ1n) is 6.55. The number of nitro groups is 1. The van der Waals surface area contributed by atoms with Crippen molar-refractivity contribution < 1.29 is 18.4 Å². The van der Waals surface area contributed by atoms with Crippen LogP contribution in [0.5, 0.6) is 5.75 Å². The molecule has 1 N–H and O–H groups in total. The third kappa shape index (κ3) is 4.73. The lowest BCUT2D eigenvalue weighted by Crippen LogP contribution is -2.03. The molecule has 0 unspecified atom stereocenters. The number of nitrogens with zero attached hydrogens (tertiary/aromatic N) is 2. The molecule has 2 rings (SSSR count). The average molecular weight is 321 g/mol. The maximum Gasteiger partial charge on any atom is 0.387 e. The van der Waals surface area contributed by atoms with Crippen LogP contribution in [0, 0.1) is 10.1 Å². The Morgan fingerprint density at radius 3 is 2.30 bits per heavy atom. The summed E-state index contributed by atoms with van der Waals surface area (Å²) in [5.74, 6) is 0.0693. The summed E-state index contributed by atoms with van der Waals surface area (Å²) in [7, 11) is 0. The van der Waals surface area contributed by atoms with Crippen molar-refractivity contribution in [2.24, 2.45) is 5.10 Å². The van der Waals surface area contributed by atoms with Crippen molar-refractivity contribution >= 4 is 17.1 Å². The summed E-state index contributed by atoms with van der Waals surface area (Å²) in [5.41, 5.74) is 4.69. The van der Waals surface area contributed by atoms with Crippen LogP contribution in [0.3, 0.4) is 0 Å². The molecule has 6 nitrogen and oxygen atoms in total. The van der Waals surface area contributed by atoms with Gasteiger partial charge in [-0.3, -0.25) is 15.5 Å². The van der Waals surface area contributed by atoms with Gasteiger partial charge in [0.05, 0.1) is 16.3 Å². The molecule has 0 aliphatic rings. The molecule has 0 aliphatic heterocycles. The van der Waals surface area contributed by atoms with Gasteiger partial charge in [0, 0.05) is 12.1 Å². The third-order valence-electron chi connectivity index (χ3n) is 2.93. The van der Waals surface area contributed by atoms with Crippen LogP contribution in [0.25, 0.3) is 0 Å². The number of hydrogen-bond donors (Lipinski definition) is 1. The Morgan fingerprint density at radius 1 is 1.17 bits per heavy atom. The highest BCUT2D eigenvalue weighted by molar-refractivity contribution is 5.99. The predicted octanol–water partition coefficient (Wildman–Crippen LogP) is 4.03. The van der Waals surface area contributed by atoms with Crippen molar-refractivity contribution in [1.82, 2.24) is 0 Å². The van der Waals surface area contributed by atoms with Crippen LogP contribution in [-0.2, 0) is 0 Å². The van der Waals surface area contributed by atoms with E-state index >= 15 is 0 Å². The molecule has 120 valence electrons. The lowest BCUT2D eigenvalue weighted by molar-refractivity contribution is -0.384. The molecule has 0 bridgehead atoms. The molecular weight excluding hydrogens is 308 g/mol. The van der Waals surface area contributed by atoms with E-state index < -0.39 is 11.5 Å². The number of halogens is 2. The van der Waals surface area contributed by atoms with Crippen LogP contribution < -0.4 is 10.2 Å². The first-order chi connectivity index (χ1) is 11.0. The molecule has 0 atom stereocenters. The zero-order chi connectivity index (χ0) is 16.8. The second kappa shape index (κ2) is 7.30. The minimum Gasteiger partial charge on any atom is -0.435 e. The maximum absolute atomic E-state index is 12.1. The van der Waals surface area contributed by atoms with Crippen LogP contribution in [0.15, 0.2) is 53.6 Å². The zero-order valence-corrected chi connectivity index (χ0v) is 12.1. The van der Waals surface area contributed by atoms with Gasteiger partial charge in [0.2, 0.25) is 0 Å². The van der Waals surface area contributed by atoms with E-state index in [9.17, 15) is 18.9 Å². The van der Waals surface area contributed by atoms with Gasteiger partial charge in [0.1, 0.15) is 5.75 Å². The number of nitrogens with one attached hydrogen (secondary N) is 1. The Morgan fingerprint density at radius 2 is 1.78 bits per heavy atom. The molecular formula is C15H13F2N3O3. The highest BCUT2D eigenvalue weighted by atomic mass is 19.3. The quantitative estimate of drug-likeness (QED) is 0.495. The van der Waals surface area contributed by atoms with E-state index in [1.807, 2.05) is 0 Å². The number of alkyl halides is 2. The second-order valence-electron chi connectivity index (χ2n) is 4.52. The second-order valence-corrected chi connectivity index (χ2v) is 4.52. The predicted molar refractivity (Wildman–Crippen MR) is 82.0 cm³/mol. The van der Waals surface area contributed by atoms with Gasteiger partial charge in [-0.15, -0.1) is 0 Å². The number of hydrazone groups is 1. The van der Waals surface area contributed by atoms with Gasteiger partial charge in [0.25, 0.3) is 5.69 Å². The Labute approximate surface area is 130 Å². The molecule has 8 heteroatoms. The summed E-state index contributed by atoms with van der Waals surface area (Å²) in [5, 5.41) is 14.7. The van der Waals surface area contributed by atoms with Crippen LogP contribution in [0.1, 0.15) is 12.5 Å². The highest BCUT2D eigenvalue weighted by Gasteiger charge is 2.05. The van der Waals surface area contributed by atoms with E-state index in [-0.39, 0.29) is 11.4 Å². The molecule has 23 heavy (non-hydrogen) atoms. The van der Waals surface area contributed by atoms with Crippen LogP contribution >= 0.6 is 0 Å². The summed E-state index contributed by atoms with van der Waals surface area (Å²) in [6.45, 7) is -1.12. The Balaban J connectivity index is 2.03. The SMILES string of the molecule is CC(=NNc1ccc([N+](=O)[O-])cc1)c1ccc(OC(F)F)cc1. The van der Waals surface area contributed by atoms with E-state index in [0.29, 0.717) is 11.4 Å². The maximum atomic E-state index is 12.1. The Hall–Kier alpha value is -3.03. The standard InChI is InChI=1S/C15H13F2N3O3/c1-10(11-2-8-14(9-3-11)23-15(16)17)18-19-12-4-6-13(7-5-12)20(21)22/h2-9,15,19H,1H3. The molecule has 0 fully saturated rings. The van der Waals surface area contributed by atoms with Crippen LogP contribution in [-0.4, -0.2) is 17.2 Å². The molecule has 0 heterocycles. The van der Waals surface area contributed by atoms with Crippen LogP contribution in [0.4, 0.5) is 20.2 Å². The molecule has 2 aromatic rings. The van der Waals surface area contributed by atoms with Crippen molar-refractivity contribution in [3.05, 3.63) is 64.2 Å². The number of ether oxygens (including phenoxy) is 1. The van der Waals surface area contributed by atoms with Gasteiger partial charge in [-0.25, -0.2) is 0 Å². The van der Waals surface area contributed by atoms with Gasteiger partial charge < -0.3 is 4.74 Å². The Bertz CT molecular complexity index is 701. The van der Waals surface area contributed by atoms with E-state index in [1.165, 1.54) is 36.4 Å². The first kappa shape index (κ1) is 16.3. The Kier molecular flexibility index (Phi) is 5.19. The van der Waals surface area contributed by atoms with Gasteiger partial charge in [-0.2, -0.15) is 13.9 Å². The molecule has 0 aromatic heterocycles. The summed E-state index contributed by atoms with van der Waals surface area (Å²) in [6.07, 6.45) is 0. The fraction of sp³-hybridized carbons (Fsp3) is 0.133. The van der Waals surface area contributed by atoms with Gasteiger partial charge >= 0.3 is 6.61 Å². The van der Waals surface area contributed by atoms with Crippen molar-refractivity contribution in [1.29, 1.82) is 0 Å². The molecule has 0 saturated carbocycles. The van der Waals surface area contributed by atoms with Crippen molar-refractivity contribution in [3.63, 3.8) is 0 Å². The molecule has 0 radical (unpaired) electrons. The molecule has 0 spiro atoms. The summed E-state index contributed by atoms with van der Waals surface area (Å²) >= 11 is 0. The van der Waals surface area contributed by atoms with Gasteiger partial charge in [-0.1, -0.05) is 0 Å². The first-order valence-corrected chi connectivity index (χ1v) is 6.55. The fourth-order valence-corrected chi connectivity index (χ4v) is 1.75. The summed E-state index contributed by atoms with van der Waals surface area (Å²) in [4.78, 5) is 10.1. The highest BCUT2D eigenvalue weighted by Crippen LogP contribution is 2.17. The summed E-state index contributed by atoms with van der Waals surface area (Å²) in [6, 6.07) is 11.9. The average Bonchev–Trinajstić information content (AvgIpc) is 2.53. The molecule has 0 saturated heterocycles. The number of nitro benzene ring substituents is 1. The van der Waals surface area contributed by atoms with E-state index in [0.717, 1.165) is 5.56 Å². The molecule has 2 aromatic carbocycles. The third-order valence-corrected chi connectivity index (χ3v) is 2.93. The number of anilines is 1. The topological polar surface area (TPSA) is 76.8 Å². The molecule has 0 aliphatic carbocycles. The lowest BCUT2D eigenvalue weighted by Gasteiger charge is -2.06. The normalized spacial score (nSPS) is 11.4. The minimum atomic E-state index is -2.86. The number of non-ortho nitro benzene ring substituents is 1. The van der Waals surface area contributed by atoms with Crippen molar-refractivity contribution in [2.45, 2.75) is 13.5 Å². The lowest BCUT2D eigenvalue weighted by atomic mass is 10.1. The summed E-state index contributed by atoms with van der Waals surface area (Å²) < 4.78 is 28.4. The van der Waals surface area contributed by atoms with E-state index in [2.05, 4.69) is 15.3 Å². The van der Waals surface area contributed by atoms with Gasteiger partial charge in [0.15, 0.2) is 0 Å². The minimum absolute atomic E-state index is 0.00845. The number of rotatable bonds is 6. The van der Waals surface area contributed by atoms with Gasteiger partial charge in [-0.05, 0) is 48.9 Å². The zero-order valence-electron chi connectivity index (χ0n) is 12.1. The number of benzene rings is 2. The fourth-order valence-electron chi connectivity index (χ4n) is 1.75. The largest absolute Gasteiger partial charge is 0.435 e. The van der Waals surface area contributed by atoms with E-state index in [1.54, 1.807) is 19.1 Å².